The molecule has 1 aliphatic heterocycles. The molecule has 0 unspecified atom stereocenters. The van der Waals surface area contributed by atoms with Crippen molar-refractivity contribution < 1.29 is 66.0 Å². The van der Waals surface area contributed by atoms with Gasteiger partial charge in [-0.2, -0.15) is 13.2 Å². The highest BCUT2D eigenvalue weighted by molar-refractivity contribution is 6.01. The van der Waals surface area contributed by atoms with Crippen LogP contribution in [0.15, 0.2) is 18.3 Å². The quantitative estimate of drug-likeness (QED) is 0.0290. The molecule has 0 saturated carbocycles. The van der Waals surface area contributed by atoms with Gasteiger partial charge in [-0.25, -0.2) is 9.78 Å². The number of alkyl halides is 3. The summed E-state index contributed by atoms with van der Waals surface area (Å²) < 4.78 is 36.7. The third-order valence-electron chi connectivity index (χ3n) is 9.65. The third kappa shape index (κ3) is 24.3. The number of hydrogen-bond donors (Lipinski definition) is 8. The molecule has 0 spiro atoms. The lowest BCUT2D eigenvalue weighted by Gasteiger charge is -2.17. The Bertz CT molecular complexity index is 1750. The summed E-state index contributed by atoms with van der Waals surface area (Å²) in [5, 5.41) is 16.8. The summed E-state index contributed by atoms with van der Waals surface area (Å²) in [4.78, 5) is 128. The summed E-state index contributed by atoms with van der Waals surface area (Å²) in [7, 11) is 1.45. The number of hydrazine groups is 1. The molecule has 0 aromatic carbocycles. The molecule has 2 heterocycles. The number of imide groups is 1. The molecular formula is C41H61F3N10O11. The summed E-state index contributed by atoms with van der Waals surface area (Å²) >= 11 is 0. The molecular weight excluding hydrogens is 866 g/mol. The number of carbonyl (C=O) groups is 10. The van der Waals surface area contributed by atoms with Crippen LogP contribution in [0.25, 0.3) is 0 Å². The Morgan fingerprint density at radius 2 is 1.17 bits per heavy atom. The number of nitrogens with zero attached hydrogens (tertiary/aromatic N) is 2. The van der Waals surface area contributed by atoms with E-state index in [9.17, 15) is 61.1 Å². The molecule has 1 aliphatic rings. The fourth-order valence-electron chi connectivity index (χ4n) is 6.01. The molecule has 0 aliphatic carbocycles. The number of anilines is 1. The number of hydroxylamine groups is 2. The Kier molecular flexibility index (Phi) is 25.8. The van der Waals surface area contributed by atoms with Gasteiger partial charge in [0.2, 0.25) is 29.5 Å². The molecule has 9 amide bonds. The van der Waals surface area contributed by atoms with Crippen LogP contribution in [0.2, 0.25) is 0 Å². The SMILES string of the molecule is CNC(=O)[C@H](CCCCNC(=O)CCCCCNC(=O)CCCCCNC(=O)c1ccc(NNC(=O)C(F)(F)F)nc1)NC(=O)CCC(=O)NCCCCCC(=O)ON1C(=O)CCC1=O. The first kappa shape index (κ1) is 54.8. The van der Waals surface area contributed by atoms with E-state index < -0.39 is 47.7 Å². The van der Waals surface area contributed by atoms with Crippen LogP contribution >= 0.6 is 0 Å². The second-order valence-corrected chi connectivity index (χ2v) is 15.0. The molecule has 0 bridgehead atoms. The van der Waals surface area contributed by atoms with Crippen LogP contribution in [-0.4, -0.2) is 115 Å². The van der Waals surface area contributed by atoms with Crippen molar-refractivity contribution in [3.8, 4) is 0 Å². The lowest BCUT2D eigenvalue weighted by atomic mass is 10.1. The van der Waals surface area contributed by atoms with Gasteiger partial charge in [0.15, 0.2) is 0 Å². The standard InChI is InChI=1S/C41H61F3N10O11/c1-45-39(63)29(51-34(58)20-19-33(57)48-24-10-4-7-16-37(61)65-54-35(59)21-22-36(54)60)13-8-12-25-47-32(56)14-5-2-9-23-46-31(55)15-6-3-11-26-49-38(62)28-17-18-30(50-27-28)52-53-40(64)41(42,43)44/h17-18,27,29H,2-16,19-26H2,1H3,(H,45,63)(H,46,55)(H,47,56)(H,48,57)(H,49,62)(H,50,52)(H,51,58)(H,53,64)/t29-/m0/s1. The number of likely N-dealkylation sites (N-methyl/N-ethyl adjacent to an activating group) is 1. The molecule has 21 nitrogen and oxygen atoms in total. The van der Waals surface area contributed by atoms with E-state index in [-0.39, 0.29) is 67.1 Å². The lowest BCUT2D eigenvalue weighted by Crippen LogP contribution is -2.46. The molecule has 24 heteroatoms. The first-order chi connectivity index (χ1) is 31.0. The minimum Gasteiger partial charge on any atom is -0.357 e. The number of pyridine rings is 1. The number of carbonyl (C=O) groups excluding carboxylic acids is 10. The molecule has 1 saturated heterocycles. The van der Waals surface area contributed by atoms with Crippen molar-refractivity contribution in [2.45, 2.75) is 134 Å². The Labute approximate surface area is 374 Å². The van der Waals surface area contributed by atoms with Crippen molar-refractivity contribution in [2.75, 3.05) is 38.7 Å². The maximum Gasteiger partial charge on any atom is 0.472 e. The maximum absolute atomic E-state index is 12.5. The van der Waals surface area contributed by atoms with Crippen molar-refractivity contribution in [3.63, 3.8) is 0 Å². The lowest BCUT2D eigenvalue weighted by molar-refractivity contribution is -0.197. The molecule has 1 aromatic rings. The summed E-state index contributed by atoms with van der Waals surface area (Å²) in [5.74, 6) is -5.88. The zero-order chi connectivity index (χ0) is 48.0. The predicted octanol–water partition coefficient (Wildman–Crippen LogP) is 1.64. The highest BCUT2D eigenvalue weighted by atomic mass is 19.4. The molecule has 0 radical (unpaired) electrons. The van der Waals surface area contributed by atoms with E-state index >= 15 is 0 Å². The summed E-state index contributed by atoms with van der Waals surface area (Å²) in [5.41, 5.74) is 3.63. The van der Waals surface area contributed by atoms with Crippen molar-refractivity contribution in [1.29, 1.82) is 0 Å². The van der Waals surface area contributed by atoms with Crippen molar-refractivity contribution in [1.82, 2.24) is 47.4 Å². The molecule has 1 atom stereocenters. The average molecular weight is 927 g/mol. The van der Waals surface area contributed by atoms with E-state index in [1.807, 2.05) is 5.43 Å². The van der Waals surface area contributed by atoms with Gasteiger partial charge in [-0.1, -0.05) is 19.3 Å². The number of nitrogens with one attached hydrogen (secondary N) is 8. The fourth-order valence-corrected chi connectivity index (χ4v) is 6.01. The fraction of sp³-hybridized carbons (Fsp3) is 0.634. The summed E-state index contributed by atoms with van der Waals surface area (Å²) in [6.45, 7) is 1.54. The zero-order valence-electron chi connectivity index (χ0n) is 36.6. The third-order valence-corrected chi connectivity index (χ3v) is 9.65. The molecule has 362 valence electrons. The van der Waals surface area contributed by atoms with Crippen molar-refractivity contribution in [3.05, 3.63) is 23.9 Å². The minimum atomic E-state index is -5.06. The number of unbranched alkanes of at least 4 members (excludes halogenated alkanes) is 7. The Morgan fingerprint density at radius 3 is 1.69 bits per heavy atom. The van der Waals surface area contributed by atoms with Crippen molar-refractivity contribution in [2.24, 2.45) is 0 Å². The Morgan fingerprint density at radius 1 is 0.662 bits per heavy atom. The van der Waals surface area contributed by atoms with E-state index in [0.717, 1.165) is 12.6 Å². The normalized spacial score (nSPS) is 12.7. The van der Waals surface area contributed by atoms with Crippen LogP contribution in [0.5, 0.6) is 0 Å². The van der Waals surface area contributed by atoms with Gasteiger partial charge in [-0.3, -0.25) is 54.0 Å². The van der Waals surface area contributed by atoms with Gasteiger partial charge in [-0.05, 0) is 69.9 Å². The van der Waals surface area contributed by atoms with Crippen LogP contribution in [0.3, 0.4) is 0 Å². The van der Waals surface area contributed by atoms with E-state index in [0.29, 0.717) is 115 Å². The van der Waals surface area contributed by atoms with Crippen LogP contribution in [0.4, 0.5) is 19.0 Å². The van der Waals surface area contributed by atoms with Gasteiger partial charge < -0.3 is 36.7 Å². The number of halogens is 3. The number of hydrogen-bond acceptors (Lipinski definition) is 13. The Balaban J connectivity index is 1.43. The van der Waals surface area contributed by atoms with Crippen molar-refractivity contribution >= 4 is 65.0 Å². The van der Waals surface area contributed by atoms with E-state index in [1.165, 1.54) is 24.6 Å². The van der Waals surface area contributed by atoms with Crippen LogP contribution < -0.4 is 42.8 Å². The second-order valence-electron chi connectivity index (χ2n) is 15.0. The van der Waals surface area contributed by atoms with Crippen LogP contribution in [-0.2, 0) is 48.0 Å². The van der Waals surface area contributed by atoms with E-state index in [4.69, 9.17) is 4.84 Å². The van der Waals surface area contributed by atoms with Gasteiger partial charge in [0.25, 0.3) is 17.7 Å². The first-order valence-electron chi connectivity index (χ1n) is 21.7. The number of aromatic nitrogens is 1. The first-order valence-corrected chi connectivity index (χ1v) is 21.7. The number of amides is 9. The largest absolute Gasteiger partial charge is 0.472 e. The van der Waals surface area contributed by atoms with E-state index in [2.05, 4.69) is 36.9 Å². The number of rotatable bonds is 32. The second kappa shape index (κ2) is 30.7. The maximum atomic E-state index is 12.5. The Hall–Kier alpha value is -6.36. The van der Waals surface area contributed by atoms with Gasteiger partial charge in [0, 0.05) is 84.4 Å². The van der Waals surface area contributed by atoms with Gasteiger partial charge in [0.05, 0.1) is 5.56 Å². The molecule has 65 heavy (non-hydrogen) atoms. The predicted molar refractivity (Wildman–Crippen MR) is 225 cm³/mol. The zero-order valence-corrected chi connectivity index (χ0v) is 36.6. The summed E-state index contributed by atoms with van der Waals surface area (Å²) in [6, 6.07) is 1.76. The molecule has 2 rings (SSSR count). The van der Waals surface area contributed by atoms with Gasteiger partial charge >= 0.3 is 18.1 Å². The van der Waals surface area contributed by atoms with E-state index in [1.54, 1.807) is 0 Å². The minimum absolute atomic E-state index is 0.0123. The molecule has 1 aromatic heterocycles. The monoisotopic (exact) mass is 926 g/mol. The highest BCUT2D eigenvalue weighted by Gasteiger charge is 2.38. The smallest absolute Gasteiger partial charge is 0.357 e. The topological polar surface area (TPSA) is 292 Å². The summed E-state index contributed by atoms with van der Waals surface area (Å²) in [6.07, 6.45) is 3.59. The molecule has 8 N–H and O–H groups in total. The van der Waals surface area contributed by atoms with Gasteiger partial charge in [-0.15, -0.1) is 5.06 Å². The highest BCUT2D eigenvalue weighted by Crippen LogP contribution is 2.15. The molecule has 1 fully saturated rings. The van der Waals surface area contributed by atoms with Crippen LogP contribution in [0.1, 0.15) is 132 Å². The van der Waals surface area contributed by atoms with Gasteiger partial charge in [0.1, 0.15) is 11.9 Å². The van der Waals surface area contributed by atoms with Crippen LogP contribution in [0, 0.1) is 0 Å². The average Bonchev–Trinajstić information content (AvgIpc) is 3.59.